The minimum atomic E-state index is 0.0554. The lowest BCUT2D eigenvalue weighted by Crippen LogP contribution is -2.06. The fraction of sp³-hybridized carbons (Fsp3) is 0.333. The Kier molecular flexibility index (Phi) is 2.64. The van der Waals surface area contributed by atoms with Gasteiger partial charge in [-0.15, -0.1) is 0 Å². The van der Waals surface area contributed by atoms with Crippen LogP contribution in [0, 0.1) is 13.8 Å². The van der Waals surface area contributed by atoms with Crippen LogP contribution in [-0.2, 0) is 13.5 Å². The maximum absolute atomic E-state index is 11.9. The van der Waals surface area contributed by atoms with E-state index in [0.717, 1.165) is 17.1 Å². The molecule has 84 valence electrons. The first-order valence-corrected chi connectivity index (χ1v) is 5.14. The van der Waals surface area contributed by atoms with Gasteiger partial charge in [0.2, 0.25) is 0 Å². The van der Waals surface area contributed by atoms with E-state index in [9.17, 15) is 4.79 Å². The highest BCUT2D eigenvalue weighted by atomic mass is 16.3. The fourth-order valence-electron chi connectivity index (χ4n) is 1.69. The number of aromatic nitrogens is 2. The van der Waals surface area contributed by atoms with Gasteiger partial charge in [-0.25, -0.2) is 0 Å². The van der Waals surface area contributed by atoms with Gasteiger partial charge in [0, 0.05) is 12.7 Å². The Morgan fingerprint density at radius 2 is 2.19 bits per heavy atom. The first kappa shape index (κ1) is 10.7. The van der Waals surface area contributed by atoms with E-state index in [-0.39, 0.29) is 5.78 Å². The van der Waals surface area contributed by atoms with Gasteiger partial charge in [-0.2, -0.15) is 5.10 Å². The Balaban J connectivity index is 2.16. The smallest absolute Gasteiger partial charge is 0.172 e. The molecule has 0 spiro atoms. The van der Waals surface area contributed by atoms with Crippen molar-refractivity contribution in [1.82, 2.24) is 9.78 Å². The molecule has 0 fully saturated rings. The number of nitrogens with zero attached hydrogens (tertiary/aromatic N) is 2. The molecule has 0 aliphatic heterocycles. The van der Waals surface area contributed by atoms with Crippen molar-refractivity contribution in [3.8, 4) is 0 Å². The molecular formula is C12H14N2O2. The summed E-state index contributed by atoms with van der Waals surface area (Å²) in [5.41, 5.74) is 2.46. The number of Topliss-reactive ketones (excluding diaryl/α,β-unsaturated/α-hetero) is 1. The standard InChI is InChI=1S/C12H14N2O2/c1-8-4-11(14(3)13-8)6-12(15)10-5-9(2)16-7-10/h4-5,7H,6H2,1-3H3. The molecule has 0 amide bonds. The predicted octanol–water partition coefficient (Wildman–Crippen LogP) is 2.06. The number of hydrogen-bond acceptors (Lipinski definition) is 3. The molecule has 16 heavy (non-hydrogen) atoms. The summed E-state index contributed by atoms with van der Waals surface area (Å²) >= 11 is 0. The van der Waals surface area contributed by atoms with Gasteiger partial charge in [0.1, 0.15) is 12.0 Å². The Labute approximate surface area is 93.9 Å². The first-order valence-electron chi connectivity index (χ1n) is 5.14. The van der Waals surface area contributed by atoms with Crippen LogP contribution in [0.25, 0.3) is 0 Å². The van der Waals surface area contributed by atoms with Crippen LogP contribution in [0.15, 0.2) is 22.8 Å². The highest BCUT2D eigenvalue weighted by molar-refractivity contribution is 5.97. The number of ketones is 1. The van der Waals surface area contributed by atoms with Crippen LogP contribution in [0.4, 0.5) is 0 Å². The minimum absolute atomic E-state index is 0.0554. The highest BCUT2D eigenvalue weighted by Crippen LogP contribution is 2.11. The molecule has 2 aromatic heterocycles. The van der Waals surface area contributed by atoms with Crippen LogP contribution in [0.1, 0.15) is 27.5 Å². The molecule has 0 aliphatic rings. The second-order valence-corrected chi connectivity index (χ2v) is 3.95. The van der Waals surface area contributed by atoms with Gasteiger partial charge in [-0.05, 0) is 26.0 Å². The molecule has 0 saturated carbocycles. The van der Waals surface area contributed by atoms with Crippen molar-refractivity contribution in [3.05, 3.63) is 41.1 Å². The number of aryl methyl sites for hydroxylation is 3. The van der Waals surface area contributed by atoms with Crippen molar-refractivity contribution in [2.24, 2.45) is 7.05 Å². The molecule has 0 saturated heterocycles. The van der Waals surface area contributed by atoms with Crippen molar-refractivity contribution in [1.29, 1.82) is 0 Å². The van der Waals surface area contributed by atoms with Crippen LogP contribution in [-0.4, -0.2) is 15.6 Å². The minimum Gasteiger partial charge on any atom is -0.469 e. The SMILES string of the molecule is Cc1cc(CC(=O)c2coc(C)c2)n(C)n1. The Morgan fingerprint density at radius 1 is 1.44 bits per heavy atom. The van der Waals surface area contributed by atoms with E-state index in [0.29, 0.717) is 12.0 Å². The topological polar surface area (TPSA) is 48.0 Å². The zero-order valence-electron chi connectivity index (χ0n) is 9.65. The van der Waals surface area contributed by atoms with Crippen LogP contribution >= 0.6 is 0 Å². The zero-order chi connectivity index (χ0) is 11.7. The zero-order valence-corrected chi connectivity index (χ0v) is 9.65. The summed E-state index contributed by atoms with van der Waals surface area (Å²) < 4.78 is 6.85. The molecule has 0 radical (unpaired) electrons. The third kappa shape index (κ3) is 2.05. The Morgan fingerprint density at radius 3 is 2.69 bits per heavy atom. The second-order valence-electron chi connectivity index (χ2n) is 3.95. The Hall–Kier alpha value is -1.84. The van der Waals surface area contributed by atoms with Crippen molar-refractivity contribution in [3.63, 3.8) is 0 Å². The summed E-state index contributed by atoms with van der Waals surface area (Å²) in [7, 11) is 1.84. The van der Waals surface area contributed by atoms with Gasteiger partial charge in [0.05, 0.1) is 17.7 Å². The average molecular weight is 218 g/mol. The fourth-order valence-corrected chi connectivity index (χ4v) is 1.69. The van der Waals surface area contributed by atoms with E-state index >= 15 is 0 Å². The van der Waals surface area contributed by atoms with Crippen LogP contribution in [0.5, 0.6) is 0 Å². The van der Waals surface area contributed by atoms with Gasteiger partial charge in [0.15, 0.2) is 5.78 Å². The van der Waals surface area contributed by atoms with Gasteiger partial charge in [-0.3, -0.25) is 9.48 Å². The molecule has 2 rings (SSSR count). The molecular weight excluding hydrogens is 204 g/mol. The van der Waals surface area contributed by atoms with Gasteiger partial charge in [0.25, 0.3) is 0 Å². The quantitative estimate of drug-likeness (QED) is 0.741. The maximum atomic E-state index is 11.9. The van der Waals surface area contributed by atoms with E-state index < -0.39 is 0 Å². The highest BCUT2D eigenvalue weighted by Gasteiger charge is 2.12. The molecule has 0 bridgehead atoms. The Bertz CT molecular complexity index is 523. The molecule has 0 unspecified atom stereocenters. The number of carbonyl (C=O) groups is 1. The van der Waals surface area contributed by atoms with Crippen molar-refractivity contribution in [2.75, 3.05) is 0 Å². The number of rotatable bonds is 3. The lowest BCUT2D eigenvalue weighted by atomic mass is 10.1. The summed E-state index contributed by atoms with van der Waals surface area (Å²) in [6.07, 6.45) is 1.86. The van der Waals surface area contributed by atoms with Gasteiger partial charge >= 0.3 is 0 Å². The van der Waals surface area contributed by atoms with Crippen LogP contribution in [0.3, 0.4) is 0 Å². The number of carbonyl (C=O) groups excluding carboxylic acids is 1. The van der Waals surface area contributed by atoms with Gasteiger partial charge < -0.3 is 4.42 Å². The second kappa shape index (κ2) is 3.96. The summed E-state index contributed by atoms with van der Waals surface area (Å²) in [6.45, 7) is 3.74. The third-order valence-electron chi connectivity index (χ3n) is 2.49. The maximum Gasteiger partial charge on any atom is 0.172 e. The summed E-state index contributed by atoms with van der Waals surface area (Å²) in [6, 6.07) is 3.68. The van der Waals surface area contributed by atoms with Crippen molar-refractivity contribution >= 4 is 5.78 Å². The van der Waals surface area contributed by atoms with Crippen molar-refractivity contribution < 1.29 is 9.21 Å². The normalized spacial score (nSPS) is 10.7. The van der Waals surface area contributed by atoms with Gasteiger partial charge in [-0.1, -0.05) is 0 Å². The van der Waals surface area contributed by atoms with E-state index in [1.807, 2.05) is 27.0 Å². The van der Waals surface area contributed by atoms with Crippen LogP contribution in [0.2, 0.25) is 0 Å². The van der Waals surface area contributed by atoms with Crippen LogP contribution < -0.4 is 0 Å². The monoisotopic (exact) mass is 218 g/mol. The largest absolute Gasteiger partial charge is 0.469 e. The molecule has 4 heteroatoms. The molecule has 2 heterocycles. The molecule has 4 nitrogen and oxygen atoms in total. The van der Waals surface area contributed by atoms with Crippen molar-refractivity contribution in [2.45, 2.75) is 20.3 Å². The number of hydrogen-bond donors (Lipinski definition) is 0. The molecule has 0 aromatic carbocycles. The molecule has 0 aliphatic carbocycles. The van der Waals surface area contributed by atoms with E-state index in [2.05, 4.69) is 5.10 Å². The lowest BCUT2D eigenvalue weighted by Gasteiger charge is -1.98. The summed E-state index contributed by atoms with van der Waals surface area (Å²) in [4.78, 5) is 11.9. The first-order chi connectivity index (χ1) is 7.56. The average Bonchev–Trinajstić information content (AvgIpc) is 2.74. The number of furan rings is 1. The van der Waals surface area contributed by atoms with E-state index in [1.54, 1.807) is 10.7 Å². The molecule has 0 atom stereocenters. The van der Waals surface area contributed by atoms with E-state index in [1.165, 1.54) is 6.26 Å². The predicted molar refractivity (Wildman–Crippen MR) is 59.4 cm³/mol. The van der Waals surface area contributed by atoms with E-state index in [4.69, 9.17) is 4.42 Å². The molecule has 2 aromatic rings. The summed E-state index contributed by atoms with van der Waals surface area (Å²) in [5.74, 6) is 0.810. The summed E-state index contributed by atoms with van der Waals surface area (Å²) in [5, 5.41) is 4.20. The molecule has 0 N–H and O–H groups in total. The third-order valence-corrected chi connectivity index (χ3v) is 2.49. The lowest BCUT2D eigenvalue weighted by molar-refractivity contribution is 0.0990.